The SMILES string of the molecule is Cl.N[C@H](CN1CC(F)C1)c1ccc(F)cc1. The molecule has 1 saturated heterocycles. The quantitative estimate of drug-likeness (QED) is 0.885. The van der Waals surface area contributed by atoms with E-state index < -0.39 is 6.17 Å². The van der Waals surface area contributed by atoms with Crippen LogP contribution in [-0.2, 0) is 0 Å². The van der Waals surface area contributed by atoms with E-state index in [1.807, 2.05) is 4.90 Å². The Morgan fingerprint density at radius 2 is 1.88 bits per heavy atom. The van der Waals surface area contributed by atoms with Crippen LogP contribution in [0.4, 0.5) is 8.78 Å². The molecule has 1 aromatic rings. The largest absolute Gasteiger partial charge is 0.323 e. The highest BCUT2D eigenvalue weighted by Gasteiger charge is 2.27. The van der Waals surface area contributed by atoms with Gasteiger partial charge >= 0.3 is 0 Å². The molecule has 0 saturated carbocycles. The van der Waals surface area contributed by atoms with Crippen LogP contribution in [0.5, 0.6) is 0 Å². The third-order valence-corrected chi connectivity index (χ3v) is 2.67. The summed E-state index contributed by atoms with van der Waals surface area (Å²) in [5.41, 5.74) is 6.80. The van der Waals surface area contributed by atoms with Gasteiger partial charge in [-0.25, -0.2) is 8.78 Å². The van der Waals surface area contributed by atoms with E-state index in [1.54, 1.807) is 12.1 Å². The van der Waals surface area contributed by atoms with Crippen molar-refractivity contribution in [2.45, 2.75) is 12.2 Å². The fourth-order valence-electron chi connectivity index (χ4n) is 1.75. The molecule has 90 valence electrons. The molecule has 5 heteroatoms. The van der Waals surface area contributed by atoms with Gasteiger partial charge in [-0.1, -0.05) is 12.1 Å². The predicted octanol–water partition coefficient (Wildman–Crippen LogP) is 1.90. The molecule has 0 amide bonds. The van der Waals surface area contributed by atoms with Crippen molar-refractivity contribution in [3.63, 3.8) is 0 Å². The van der Waals surface area contributed by atoms with Crippen LogP contribution in [0.15, 0.2) is 24.3 Å². The van der Waals surface area contributed by atoms with Crippen LogP contribution < -0.4 is 5.73 Å². The minimum absolute atomic E-state index is 0. The van der Waals surface area contributed by atoms with Crippen LogP contribution >= 0.6 is 12.4 Å². The van der Waals surface area contributed by atoms with Gasteiger partial charge in [-0.3, -0.25) is 4.90 Å². The maximum atomic E-state index is 12.6. The van der Waals surface area contributed by atoms with Gasteiger partial charge in [0.05, 0.1) is 0 Å². The molecule has 1 aliphatic rings. The highest BCUT2D eigenvalue weighted by molar-refractivity contribution is 5.85. The summed E-state index contributed by atoms with van der Waals surface area (Å²) < 4.78 is 25.2. The van der Waals surface area contributed by atoms with Gasteiger partial charge in [0.25, 0.3) is 0 Å². The van der Waals surface area contributed by atoms with E-state index in [1.165, 1.54) is 12.1 Å². The third-order valence-electron chi connectivity index (χ3n) is 2.67. The fraction of sp³-hybridized carbons (Fsp3) is 0.455. The second-order valence-electron chi connectivity index (χ2n) is 3.97. The highest BCUT2D eigenvalue weighted by atomic mass is 35.5. The van der Waals surface area contributed by atoms with Gasteiger partial charge in [0.1, 0.15) is 12.0 Å². The number of benzene rings is 1. The predicted molar refractivity (Wildman–Crippen MR) is 61.9 cm³/mol. The smallest absolute Gasteiger partial charge is 0.125 e. The van der Waals surface area contributed by atoms with Gasteiger partial charge in [0.2, 0.25) is 0 Å². The first kappa shape index (κ1) is 13.4. The Hall–Kier alpha value is -0.710. The molecular weight excluding hydrogens is 234 g/mol. The second-order valence-corrected chi connectivity index (χ2v) is 3.97. The summed E-state index contributed by atoms with van der Waals surface area (Å²) in [6.07, 6.45) is -0.703. The van der Waals surface area contributed by atoms with Crippen LogP contribution in [0.1, 0.15) is 11.6 Å². The lowest BCUT2D eigenvalue weighted by atomic mass is 10.1. The summed E-state index contributed by atoms with van der Waals surface area (Å²) in [5, 5.41) is 0. The fourth-order valence-corrected chi connectivity index (χ4v) is 1.75. The van der Waals surface area contributed by atoms with E-state index >= 15 is 0 Å². The normalized spacial score (nSPS) is 18.7. The van der Waals surface area contributed by atoms with E-state index in [2.05, 4.69) is 0 Å². The van der Waals surface area contributed by atoms with Crippen molar-refractivity contribution in [1.82, 2.24) is 4.90 Å². The number of rotatable bonds is 3. The molecule has 0 bridgehead atoms. The van der Waals surface area contributed by atoms with Crippen molar-refractivity contribution in [2.24, 2.45) is 5.73 Å². The van der Waals surface area contributed by atoms with Crippen molar-refractivity contribution in [3.05, 3.63) is 35.6 Å². The first-order valence-electron chi connectivity index (χ1n) is 5.02. The molecule has 1 aromatic carbocycles. The Morgan fingerprint density at radius 3 is 2.38 bits per heavy atom. The molecule has 0 radical (unpaired) electrons. The Bertz CT molecular complexity index is 325. The van der Waals surface area contributed by atoms with E-state index in [9.17, 15) is 8.78 Å². The maximum Gasteiger partial charge on any atom is 0.125 e. The summed E-state index contributed by atoms with van der Waals surface area (Å²) in [6, 6.07) is 5.96. The number of nitrogens with two attached hydrogens (primary N) is 1. The minimum atomic E-state index is -0.703. The zero-order chi connectivity index (χ0) is 10.8. The van der Waals surface area contributed by atoms with Crippen LogP contribution in [0.25, 0.3) is 0 Å². The van der Waals surface area contributed by atoms with Gasteiger partial charge in [0, 0.05) is 25.7 Å². The lowest BCUT2D eigenvalue weighted by molar-refractivity contribution is 0.0606. The molecule has 0 aliphatic carbocycles. The Labute approximate surface area is 99.8 Å². The average molecular weight is 249 g/mol. The first-order chi connectivity index (χ1) is 7.15. The summed E-state index contributed by atoms with van der Waals surface area (Å²) in [5.74, 6) is -0.265. The Kier molecular flexibility index (Phi) is 4.65. The number of halogens is 3. The standard InChI is InChI=1S/C11H14F2N2.ClH/c12-9-3-1-8(2-4-9)11(14)7-15-5-10(13)6-15;/h1-4,10-11H,5-7,14H2;1H/t11-;/m1./s1. The van der Waals surface area contributed by atoms with Crippen molar-refractivity contribution in [3.8, 4) is 0 Å². The summed E-state index contributed by atoms with van der Waals surface area (Å²) in [4.78, 5) is 1.96. The van der Waals surface area contributed by atoms with Crippen molar-refractivity contribution in [2.75, 3.05) is 19.6 Å². The Morgan fingerprint density at radius 1 is 1.31 bits per heavy atom. The number of likely N-dealkylation sites (tertiary alicyclic amines) is 1. The molecule has 1 fully saturated rings. The summed E-state index contributed by atoms with van der Waals surface area (Å²) in [7, 11) is 0. The van der Waals surface area contributed by atoms with E-state index in [-0.39, 0.29) is 24.3 Å². The molecule has 1 atom stereocenters. The molecule has 0 aromatic heterocycles. The number of hydrogen-bond acceptors (Lipinski definition) is 2. The Balaban J connectivity index is 0.00000128. The molecule has 1 aliphatic heterocycles. The van der Waals surface area contributed by atoms with Crippen molar-refractivity contribution >= 4 is 12.4 Å². The molecule has 2 rings (SSSR count). The molecule has 2 N–H and O–H groups in total. The van der Waals surface area contributed by atoms with Crippen LogP contribution in [0.2, 0.25) is 0 Å². The van der Waals surface area contributed by atoms with Gasteiger partial charge < -0.3 is 5.73 Å². The van der Waals surface area contributed by atoms with Gasteiger partial charge in [0.15, 0.2) is 0 Å². The third kappa shape index (κ3) is 3.14. The molecule has 0 spiro atoms. The van der Waals surface area contributed by atoms with Gasteiger partial charge in [-0.05, 0) is 17.7 Å². The minimum Gasteiger partial charge on any atom is -0.323 e. The van der Waals surface area contributed by atoms with Crippen LogP contribution in [0.3, 0.4) is 0 Å². The lowest BCUT2D eigenvalue weighted by Crippen LogP contribution is -2.50. The molecule has 0 unspecified atom stereocenters. The highest BCUT2D eigenvalue weighted by Crippen LogP contribution is 2.17. The first-order valence-corrected chi connectivity index (χ1v) is 5.02. The van der Waals surface area contributed by atoms with Crippen molar-refractivity contribution < 1.29 is 8.78 Å². The number of nitrogens with zero attached hydrogens (tertiary/aromatic N) is 1. The monoisotopic (exact) mass is 248 g/mol. The number of hydrogen-bond donors (Lipinski definition) is 1. The second kappa shape index (κ2) is 5.57. The summed E-state index contributed by atoms with van der Waals surface area (Å²) >= 11 is 0. The van der Waals surface area contributed by atoms with Crippen LogP contribution in [-0.4, -0.2) is 30.7 Å². The van der Waals surface area contributed by atoms with E-state index in [4.69, 9.17) is 5.73 Å². The maximum absolute atomic E-state index is 12.6. The zero-order valence-corrected chi connectivity index (χ0v) is 9.59. The van der Waals surface area contributed by atoms with Crippen LogP contribution in [0, 0.1) is 5.82 Å². The summed E-state index contributed by atoms with van der Waals surface area (Å²) in [6.45, 7) is 1.57. The van der Waals surface area contributed by atoms with Gasteiger partial charge in [-0.15, -0.1) is 12.4 Å². The average Bonchev–Trinajstić information content (AvgIpc) is 2.16. The molecule has 16 heavy (non-hydrogen) atoms. The topological polar surface area (TPSA) is 29.3 Å². The van der Waals surface area contributed by atoms with E-state index in [0.717, 1.165) is 5.56 Å². The zero-order valence-electron chi connectivity index (χ0n) is 8.77. The van der Waals surface area contributed by atoms with E-state index in [0.29, 0.717) is 19.6 Å². The molecule has 1 heterocycles. The molecule has 2 nitrogen and oxygen atoms in total. The lowest BCUT2D eigenvalue weighted by Gasteiger charge is -2.36. The molecular formula is C11H15ClF2N2. The van der Waals surface area contributed by atoms with Crippen molar-refractivity contribution in [1.29, 1.82) is 0 Å². The number of alkyl halides is 1. The van der Waals surface area contributed by atoms with Gasteiger partial charge in [-0.2, -0.15) is 0 Å².